The normalized spacial score (nSPS) is 11.8. The molecule has 0 heterocycles. The average Bonchev–Trinajstić information content (AvgIpc) is 1.78. The van der Waals surface area contributed by atoms with Gasteiger partial charge in [-0.15, -0.1) is 17.0 Å². The van der Waals surface area contributed by atoms with Crippen molar-refractivity contribution >= 4 is 30.9 Å². The predicted octanol–water partition coefficient (Wildman–Crippen LogP) is 3.98. The minimum Gasteiger partial charge on any atom is -0.114 e. The van der Waals surface area contributed by atoms with Crippen molar-refractivity contribution in [3.63, 3.8) is 0 Å². The van der Waals surface area contributed by atoms with E-state index in [0.717, 1.165) is 8.58 Å². The van der Waals surface area contributed by atoms with Crippen molar-refractivity contribution in [1.29, 1.82) is 0 Å². The van der Waals surface area contributed by atoms with E-state index in [1.54, 1.807) is 0 Å². The summed E-state index contributed by atoms with van der Waals surface area (Å²) in [6.45, 7) is 11.2. The Morgan fingerprint density at radius 3 is 1.71 bits per heavy atom. The molecule has 0 aliphatic heterocycles. The van der Waals surface area contributed by atoms with Gasteiger partial charge in [0.1, 0.15) is 0 Å². The third-order valence-corrected chi connectivity index (χ3v) is 3.07. The first-order chi connectivity index (χ1) is 5.87. The molecule has 1 aromatic rings. The molecule has 0 N–H and O–H groups in total. The van der Waals surface area contributed by atoms with E-state index in [1.807, 2.05) is 0 Å². The molecule has 0 saturated carbocycles. The first-order valence-corrected chi connectivity index (χ1v) is 5.73. The van der Waals surface area contributed by atoms with Gasteiger partial charge in [0.05, 0.1) is 0 Å². The molecule has 0 nitrogen and oxygen atoms in total. The molecule has 0 aromatic heterocycles. The number of halogens is 1. The number of hydrogen-bond donors (Lipinski definition) is 0. The third kappa shape index (κ3) is 5.12. The maximum atomic E-state index is 2.30. The summed E-state index contributed by atoms with van der Waals surface area (Å²) in [7, 11) is 0.907. The van der Waals surface area contributed by atoms with Gasteiger partial charge in [0.15, 0.2) is 0 Å². The van der Waals surface area contributed by atoms with Gasteiger partial charge in [-0.25, -0.2) is 0 Å². The Bertz CT molecular complexity index is 279. The zero-order chi connectivity index (χ0) is 10.1. The molecule has 0 bridgehead atoms. The van der Waals surface area contributed by atoms with Crippen LogP contribution in [0.25, 0.3) is 0 Å². The Morgan fingerprint density at radius 2 is 1.36 bits per heavy atom. The monoisotopic (exact) mass is 274 g/mol. The van der Waals surface area contributed by atoms with Crippen LogP contribution in [-0.4, -0.2) is 5.16 Å². The van der Waals surface area contributed by atoms with Gasteiger partial charge in [-0.3, -0.25) is 0 Å². The van der Waals surface area contributed by atoms with E-state index >= 15 is 0 Å². The first-order valence-electron chi connectivity index (χ1n) is 4.73. The van der Waals surface area contributed by atoms with Gasteiger partial charge in [0.2, 0.25) is 0 Å². The number of rotatable bonds is 1. The van der Waals surface area contributed by atoms with Gasteiger partial charge in [0.25, 0.3) is 0 Å². The second-order valence-electron chi connectivity index (χ2n) is 4.75. The lowest BCUT2D eigenvalue weighted by Crippen LogP contribution is -2.11. The second-order valence-corrected chi connectivity index (χ2v) is 7.08. The van der Waals surface area contributed by atoms with Crippen LogP contribution in [0.4, 0.5) is 0 Å². The fourth-order valence-electron chi connectivity index (χ4n) is 1.48. The molecular formula is C12H20BrP. The summed E-state index contributed by atoms with van der Waals surface area (Å²) < 4.78 is 0. The number of hydrogen-bond acceptors (Lipinski definition) is 0. The summed E-state index contributed by atoms with van der Waals surface area (Å²) in [4.78, 5) is 0. The van der Waals surface area contributed by atoms with Crippen LogP contribution in [0.5, 0.6) is 0 Å². The molecule has 0 aliphatic carbocycles. The van der Waals surface area contributed by atoms with Gasteiger partial charge < -0.3 is 0 Å². The molecule has 0 spiro atoms. The van der Waals surface area contributed by atoms with E-state index in [4.69, 9.17) is 0 Å². The zero-order valence-corrected chi connectivity index (χ0v) is 12.4. The second kappa shape index (κ2) is 5.28. The van der Waals surface area contributed by atoms with Crippen LogP contribution in [-0.2, 0) is 0 Å². The molecule has 2 heteroatoms. The van der Waals surface area contributed by atoms with Crippen molar-refractivity contribution in [2.24, 2.45) is 0 Å². The van der Waals surface area contributed by atoms with E-state index in [9.17, 15) is 0 Å². The van der Waals surface area contributed by atoms with Crippen molar-refractivity contribution in [3.05, 3.63) is 29.3 Å². The Labute approximate surface area is 100 Å². The smallest absolute Gasteiger partial charge is 0.0166 e. The van der Waals surface area contributed by atoms with Crippen molar-refractivity contribution in [1.82, 2.24) is 0 Å². The highest BCUT2D eigenvalue weighted by atomic mass is 79.9. The van der Waals surface area contributed by atoms with Gasteiger partial charge in [-0.2, -0.15) is 0 Å². The molecule has 0 amide bonds. The predicted molar refractivity (Wildman–Crippen MR) is 73.9 cm³/mol. The third-order valence-electron chi connectivity index (χ3n) is 1.74. The van der Waals surface area contributed by atoms with Crippen LogP contribution in [0.2, 0.25) is 0 Å². The molecule has 14 heavy (non-hydrogen) atoms. The molecule has 0 fully saturated rings. The van der Waals surface area contributed by atoms with E-state index in [1.165, 1.54) is 16.4 Å². The van der Waals surface area contributed by atoms with Crippen LogP contribution in [0, 0.1) is 13.8 Å². The fourth-order valence-corrected chi connectivity index (χ4v) is 2.95. The molecule has 1 aromatic carbocycles. The Hall–Kier alpha value is 0.130. The minimum absolute atomic E-state index is 0. The zero-order valence-electron chi connectivity index (χ0n) is 9.64. The largest absolute Gasteiger partial charge is 0.114 e. The van der Waals surface area contributed by atoms with Crippen LogP contribution < -0.4 is 5.30 Å². The highest BCUT2D eigenvalue weighted by molar-refractivity contribution is 8.93. The van der Waals surface area contributed by atoms with E-state index in [0.29, 0.717) is 5.16 Å². The molecule has 1 rings (SSSR count). The van der Waals surface area contributed by atoms with E-state index in [2.05, 4.69) is 52.8 Å². The molecule has 1 unspecified atom stereocenters. The molecule has 0 saturated heterocycles. The summed E-state index contributed by atoms with van der Waals surface area (Å²) in [5, 5.41) is 1.91. The van der Waals surface area contributed by atoms with Gasteiger partial charge in [-0.05, 0) is 24.3 Å². The van der Waals surface area contributed by atoms with Crippen LogP contribution in [0.15, 0.2) is 18.2 Å². The fraction of sp³-hybridized carbons (Fsp3) is 0.500. The maximum Gasteiger partial charge on any atom is -0.0166 e. The average molecular weight is 275 g/mol. The van der Waals surface area contributed by atoms with Crippen molar-refractivity contribution in [2.45, 2.75) is 39.8 Å². The lowest BCUT2D eigenvalue weighted by Gasteiger charge is -2.18. The summed E-state index contributed by atoms with van der Waals surface area (Å²) in [5.41, 5.74) is 2.76. The van der Waals surface area contributed by atoms with Crippen LogP contribution in [0.1, 0.15) is 31.9 Å². The van der Waals surface area contributed by atoms with E-state index in [-0.39, 0.29) is 17.0 Å². The molecule has 1 atom stereocenters. The lowest BCUT2D eigenvalue weighted by molar-refractivity contribution is 0.799. The van der Waals surface area contributed by atoms with Crippen LogP contribution >= 0.6 is 25.6 Å². The van der Waals surface area contributed by atoms with Crippen molar-refractivity contribution < 1.29 is 0 Å². The summed E-state index contributed by atoms with van der Waals surface area (Å²) in [5.74, 6) is 0. The molecule has 80 valence electrons. The Kier molecular flexibility index (Phi) is 5.33. The Morgan fingerprint density at radius 1 is 0.929 bits per heavy atom. The maximum absolute atomic E-state index is 2.30. The molecular weight excluding hydrogens is 255 g/mol. The quantitative estimate of drug-likeness (QED) is 0.680. The number of benzene rings is 1. The standard InChI is InChI=1S/C12H19P.BrH/c1-9-6-10(2)8-11(7-9)13-12(3,4)5;/h6-8,13H,1-5H3;1H. The van der Waals surface area contributed by atoms with Crippen molar-refractivity contribution in [2.75, 3.05) is 0 Å². The van der Waals surface area contributed by atoms with Gasteiger partial charge in [-0.1, -0.05) is 58.7 Å². The summed E-state index contributed by atoms with van der Waals surface area (Å²) in [6, 6.07) is 6.84. The Balaban J connectivity index is 0.00000169. The van der Waals surface area contributed by atoms with Crippen molar-refractivity contribution in [3.8, 4) is 0 Å². The molecule has 0 radical (unpaired) electrons. The lowest BCUT2D eigenvalue weighted by atomic mass is 10.2. The topological polar surface area (TPSA) is 0 Å². The number of aryl methyl sites for hydroxylation is 2. The van der Waals surface area contributed by atoms with Crippen LogP contribution in [0.3, 0.4) is 0 Å². The SMILES string of the molecule is Br.Cc1cc(C)cc(PC(C)(C)C)c1. The highest BCUT2D eigenvalue weighted by Gasteiger charge is 2.10. The highest BCUT2D eigenvalue weighted by Crippen LogP contribution is 2.29. The summed E-state index contributed by atoms with van der Waals surface area (Å²) in [6.07, 6.45) is 0. The first kappa shape index (κ1) is 14.1. The van der Waals surface area contributed by atoms with Gasteiger partial charge >= 0.3 is 0 Å². The minimum atomic E-state index is 0. The van der Waals surface area contributed by atoms with Gasteiger partial charge in [0, 0.05) is 0 Å². The summed E-state index contributed by atoms with van der Waals surface area (Å²) >= 11 is 0. The molecule has 0 aliphatic rings. The van der Waals surface area contributed by atoms with E-state index < -0.39 is 0 Å².